The predicted molar refractivity (Wildman–Crippen MR) is 97.3 cm³/mol. The molecule has 0 radical (unpaired) electrons. The Morgan fingerprint density at radius 1 is 1.21 bits per heavy atom. The number of benzene rings is 2. The Labute approximate surface area is 146 Å². The van der Waals surface area contributed by atoms with Crippen molar-refractivity contribution in [3.05, 3.63) is 59.7 Å². The van der Waals surface area contributed by atoms with Gasteiger partial charge in [0.25, 0.3) is 10.0 Å². The van der Waals surface area contributed by atoms with Crippen LogP contribution in [0.4, 0.5) is 0 Å². The van der Waals surface area contributed by atoms with Crippen molar-refractivity contribution in [2.45, 2.75) is 17.9 Å². The molecule has 0 unspecified atom stereocenters. The highest BCUT2D eigenvalue weighted by atomic mass is 32.2. The molecule has 0 atom stereocenters. The Bertz CT molecular complexity index is 829. The molecule has 24 heavy (non-hydrogen) atoms. The van der Waals surface area contributed by atoms with Gasteiger partial charge in [0.05, 0.1) is 11.1 Å². The molecule has 126 valence electrons. The number of rotatable bonds is 6. The number of thioether (sulfide) groups is 1. The van der Waals surface area contributed by atoms with Crippen LogP contribution in [0.2, 0.25) is 0 Å². The molecule has 1 saturated heterocycles. The van der Waals surface area contributed by atoms with Crippen LogP contribution in [0, 0.1) is 6.92 Å². The summed E-state index contributed by atoms with van der Waals surface area (Å²) in [5.41, 5.74) is 1.77. The van der Waals surface area contributed by atoms with E-state index in [2.05, 4.69) is 9.93 Å². The fraction of sp³-hybridized carbons (Fsp3) is 0.235. The minimum atomic E-state index is -3.65. The van der Waals surface area contributed by atoms with Crippen LogP contribution < -0.4 is 9.57 Å². The van der Waals surface area contributed by atoms with Crippen molar-refractivity contribution in [2.24, 2.45) is 5.10 Å². The molecule has 0 aromatic heterocycles. The second-order valence-electron chi connectivity index (χ2n) is 5.52. The predicted octanol–water partition coefficient (Wildman–Crippen LogP) is 2.80. The maximum absolute atomic E-state index is 12.1. The third-order valence-electron chi connectivity index (χ3n) is 3.49. The average Bonchev–Trinajstić information content (AvgIpc) is 2.52. The molecule has 1 aliphatic rings. The number of hydrogen-bond acceptors (Lipinski definition) is 5. The van der Waals surface area contributed by atoms with E-state index in [-0.39, 0.29) is 11.0 Å². The molecular weight excluding hydrogens is 344 g/mol. The van der Waals surface area contributed by atoms with Crippen molar-refractivity contribution in [1.82, 2.24) is 4.83 Å². The number of aryl methyl sites for hydroxylation is 1. The van der Waals surface area contributed by atoms with Crippen LogP contribution in [0.15, 0.2) is 58.5 Å². The molecule has 0 saturated carbocycles. The summed E-state index contributed by atoms with van der Waals surface area (Å²) in [5, 5.41) is 3.84. The number of hydrazone groups is 1. The molecule has 0 spiro atoms. The fourth-order valence-electron chi connectivity index (χ4n) is 2.08. The van der Waals surface area contributed by atoms with Gasteiger partial charge in [0.15, 0.2) is 0 Å². The van der Waals surface area contributed by atoms with Crippen LogP contribution in [-0.4, -0.2) is 32.2 Å². The van der Waals surface area contributed by atoms with Crippen molar-refractivity contribution in [1.29, 1.82) is 0 Å². The lowest BCUT2D eigenvalue weighted by Crippen LogP contribution is -2.31. The van der Waals surface area contributed by atoms with Crippen LogP contribution in [0.1, 0.15) is 11.1 Å². The van der Waals surface area contributed by atoms with Gasteiger partial charge >= 0.3 is 0 Å². The molecule has 1 fully saturated rings. The summed E-state index contributed by atoms with van der Waals surface area (Å²) in [4.78, 5) is 2.41. The van der Waals surface area contributed by atoms with E-state index in [0.29, 0.717) is 0 Å². The average molecular weight is 362 g/mol. The van der Waals surface area contributed by atoms with Gasteiger partial charge in [0.1, 0.15) is 11.9 Å². The second-order valence-corrected chi connectivity index (χ2v) is 8.25. The Hall–Kier alpha value is -1.99. The van der Waals surface area contributed by atoms with Crippen molar-refractivity contribution >= 4 is 28.0 Å². The van der Waals surface area contributed by atoms with E-state index in [1.807, 2.05) is 43.0 Å². The maximum Gasteiger partial charge on any atom is 0.276 e. The van der Waals surface area contributed by atoms with Crippen LogP contribution in [-0.2, 0) is 10.0 Å². The Morgan fingerprint density at radius 2 is 1.96 bits per heavy atom. The molecule has 0 amide bonds. The fourth-order valence-corrected chi connectivity index (χ4v) is 3.44. The van der Waals surface area contributed by atoms with Gasteiger partial charge < -0.3 is 4.74 Å². The van der Waals surface area contributed by atoms with Crippen LogP contribution in [0.25, 0.3) is 0 Å². The highest BCUT2D eigenvalue weighted by Crippen LogP contribution is 2.24. The van der Waals surface area contributed by atoms with E-state index in [1.165, 1.54) is 6.21 Å². The summed E-state index contributed by atoms with van der Waals surface area (Å²) < 4.78 is 30.1. The first-order valence-corrected chi connectivity index (χ1v) is 10.1. The summed E-state index contributed by atoms with van der Waals surface area (Å²) in [6, 6.07) is 14.0. The number of nitrogens with one attached hydrogen (secondary N) is 1. The van der Waals surface area contributed by atoms with E-state index in [1.54, 1.807) is 24.3 Å². The van der Waals surface area contributed by atoms with Crippen molar-refractivity contribution < 1.29 is 13.2 Å². The largest absolute Gasteiger partial charge is 0.489 e. The lowest BCUT2D eigenvalue weighted by Gasteiger charge is -2.25. The molecule has 7 heteroatoms. The second kappa shape index (κ2) is 7.27. The first-order valence-electron chi connectivity index (χ1n) is 7.49. The minimum Gasteiger partial charge on any atom is -0.489 e. The lowest BCUT2D eigenvalue weighted by molar-refractivity contribution is 0.240. The summed E-state index contributed by atoms with van der Waals surface area (Å²) in [7, 11) is -3.65. The molecule has 0 bridgehead atoms. The van der Waals surface area contributed by atoms with E-state index >= 15 is 0 Å². The minimum absolute atomic E-state index is 0.185. The SMILES string of the molecule is Cc1ccc(S(=O)(=O)N/N=C/c2cccc(OC3CSC3)c2)cc1. The molecule has 5 nitrogen and oxygen atoms in total. The van der Waals surface area contributed by atoms with E-state index in [4.69, 9.17) is 4.74 Å². The molecular formula is C17H18N2O3S2. The first kappa shape index (κ1) is 16.9. The van der Waals surface area contributed by atoms with Gasteiger partial charge in [-0.15, -0.1) is 0 Å². The summed E-state index contributed by atoms with van der Waals surface area (Å²) in [6.45, 7) is 1.90. The highest BCUT2D eigenvalue weighted by molar-refractivity contribution is 8.00. The molecule has 1 N–H and O–H groups in total. The standard InChI is InChI=1S/C17H18N2O3S2/c1-13-5-7-17(8-6-13)24(20,21)19-18-10-14-3-2-4-15(9-14)22-16-11-23-12-16/h2-10,16,19H,11-12H2,1H3/b18-10+. The van der Waals surface area contributed by atoms with Crippen molar-refractivity contribution in [2.75, 3.05) is 11.5 Å². The zero-order chi connectivity index (χ0) is 17.0. The normalized spacial score (nSPS) is 15.2. The number of ether oxygens (including phenoxy) is 1. The van der Waals surface area contributed by atoms with Gasteiger partial charge in [-0.3, -0.25) is 0 Å². The molecule has 1 heterocycles. The molecule has 3 rings (SSSR count). The van der Waals surface area contributed by atoms with Gasteiger partial charge in [0.2, 0.25) is 0 Å². The molecule has 0 aliphatic carbocycles. The van der Waals surface area contributed by atoms with Gasteiger partial charge in [-0.05, 0) is 36.8 Å². The zero-order valence-electron chi connectivity index (χ0n) is 13.2. The molecule has 1 aliphatic heterocycles. The lowest BCUT2D eigenvalue weighted by atomic mass is 10.2. The van der Waals surface area contributed by atoms with Crippen LogP contribution >= 0.6 is 11.8 Å². The van der Waals surface area contributed by atoms with E-state index in [9.17, 15) is 8.42 Å². The monoisotopic (exact) mass is 362 g/mol. The van der Waals surface area contributed by atoms with Gasteiger partial charge in [-0.2, -0.15) is 25.3 Å². The third kappa shape index (κ3) is 4.30. The Balaban J connectivity index is 1.65. The van der Waals surface area contributed by atoms with E-state index in [0.717, 1.165) is 28.4 Å². The first-order chi connectivity index (χ1) is 11.5. The zero-order valence-corrected chi connectivity index (χ0v) is 14.8. The van der Waals surface area contributed by atoms with Gasteiger partial charge in [-0.25, -0.2) is 4.83 Å². The Morgan fingerprint density at radius 3 is 2.62 bits per heavy atom. The molecule has 2 aromatic rings. The number of hydrogen-bond donors (Lipinski definition) is 1. The summed E-state index contributed by atoms with van der Waals surface area (Å²) in [6.07, 6.45) is 1.73. The number of nitrogens with zero attached hydrogens (tertiary/aromatic N) is 1. The Kier molecular flexibility index (Phi) is 5.11. The number of sulfonamides is 1. The quantitative estimate of drug-likeness (QED) is 0.634. The van der Waals surface area contributed by atoms with Crippen LogP contribution in [0.3, 0.4) is 0 Å². The maximum atomic E-state index is 12.1. The van der Waals surface area contributed by atoms with Gasteiger partial charge in [0, 0.05) is 11.5 Å². The summed E-state index contributed by atoms with van der Waals surface area (Å²) >= 11 is 1.86. The topological polar surface area (TPSA) is 67.8 Å². The van der Waals surface area contributed by atoms with Crippen molar-refractivity contribution in [3.63, 3.8) is 0 Å². The van der Waals surface area contributed by atoms with Crippen LogP contribution in [0.5, 0.6) is 5.75 Å². The highest BCUT2D eigenvalue weighted by Gasteiger charge is 2.19. The van der Waals surface area contributed by atoms with Crippen molar-refractivity contribution in [3.8, 4) is 5.75 Å². The summed E-state index contributed by atoms with van der Waals surface area (Å²) in [5.74, 6) is 2.79. The molecule has 2 aromatic carbocycles. The third-order valence-corrected chi connectivity index (χ3v) is 5.94. The van der Waals surface area contributed by atoms with Gasteiger partial charge in [-0.1, -0.05) is 29.8 Å². The van der Waals surface area contributed by atoms with E-state index < -0.39 is 10.0 Å². The smallest absolute Gasteiger partial charge is 0.276 e.